The number of nitrogens with zero attached hydrogens (tertiary/aromatic N) is 6. The number of nitrogens with one attached hydrogen (secondary N) is 3. The summed E-state index contributed by atoms with van der Waals surface area (Å²) in [4.78, 5) is 73.7. The van der Waals surface area contributed by atoms with E-state index in [4.69, 9.17) is 18.0 Å². The predicted octanol–water partition coefficient (Wildman–Crippen LogP) is -0.343. The number of carboxylic acid groups (broad SMARTS) is 1. The molecule has 1 fully saturated rings. The molecule has 0 aliphatic carbocycles. The maximum atomic E-state index is 13.7. The molecule has 5 heterocycles. The Kier molecular flexibility index (Phi) is 7.59. The molecule has 16 nitrogen and oxygen atoms in total. The van der Waals surface area contributed by atoms with Gasteiger partial charge in [-0.2, -0.15) is 0 Å². The van der Waals surface area contributed by atoms with Crippen LogP contribution in [-0.4, -0.2) is 85.9 Å². The van der Waals surface area contributed by atoms with Crippen molar-refractivity contribution in [3.63, 3.8) is 0 Å². The van der Waals surface area contributed by atoms with E-state index >= 15 is 0 Å². The number of pyridine rings is 2. The molecule has 4 aromatic rings. The summed E-state index contributed by atoms with van der Waals surface area (Å²) in [6.07, 6.45) is 2.64. The minimum atomic E-state index is -1.38. The van der Waals surface area contributed by atoms with E-state index in [9.17, 15) is 29.1 Å². The smallest absolute Gasteiger partial charge is 0.353 e. The minimum Gasteiger partial charge on any atom is -0.477 e. The average molecular weight is 647 g/mol. The van der Waals surface area contributed by atoms with Gasteiger partial charge >= 0.3 is 5.97 Å². The second-order valence-electron chi connectivity index (χ2n) is 9.99. The number of β-lactam (4-membered cyclic amide) rings is 1. The molecule has 6 rings (SSSR count). The normalized spacial score (nSPS) is 18.2. The standard InChI is InChI=1S/C27H22N10O6S2/c1-36-22(33-34-35-36)21(44)14-10-45-26-18(25(41)37(26)19(14)27(42)43)32-24(40)16(11-4-2-5-12(28)8-11)31-23(39)13-9-30-15-6-3-7-29-17(15)20(13)38/h2-9,16,18,26H,10,28H2,1H3,(H,30,38)(H,31,39)(H,32,40)(H,42,43)/t16?,18?,26-/m0/s1. The Morgan fingerprint density at radius 3 is 2.73 bits per heavy atom. The lowest BCUT2D eigenvalue weighted by Crippen LogP contribution is -2.71. The predicted molar refractivity (Wildman–Crippen MR) is 164 cm³/mol. The first kappa shape index (κ1) is 29.6. The summed E-state index contributed by atoms with van der Waals surface area (Å²) in [5.41, 5.74) is 5.94. The number of fused-ring (bicyclic) bond motifs is 2. The number of carboxylic acids is 1. The molecule has 2 aliphatic heterocycles. The number of hydrogen-bond donors (Lipinski definition) is 5. The number of hydrogen-bond acceptors (Lipinski definition) is 12. The third-order valence-electron chi connectivity index (χ3n) is 7.23. The summed E-state index contributed by atoms with van der Waals surface area (Å²) in [6.45, 7) is 0. The van der Waals surface area contributed by atoms with Gasteiger partial charge in [-0.3, -0.25) is 29.1 Å². The molecule has 45 heavy (non-hydrogen) atoms. The van der Waals surface area contributed by atoms with E-state index in [2.05, 4.69) is 36.1 Å². The SMILES string of the molecule is Cn1nnnc1C(=S)C1=C(C(=O)O)N2C(=O)C(NC(=O)C(NC(=O)c3c[nH]c4cccnc4c3=O)c3cccc(N)c3)[C@@H]2SC1. The van der Waals surface area contributed by atoms with Crippen molar-refractivity contribution >= 4 is 69.3 Å². The van der Waals surface area contributed by atoms with Gasteiger partial charge in [0.1, 0.15) is 34.2 Å². The van der Waals surface area contributed by atoms with E-state index in [1.165, 1.54) is 34.9 Å². The van der Waals surface area contributed by atoms with Gasteiger partial charge in [-0.1, -0.05) is 24.4 Å². The number of carbonyl (C=O) groups is 4. The Morgan fingerprint density at radius 2 is 2.02 bits per heavy atom. The number of nitrogens with two attached hydrogens (primary N) is 1. The van der Waals surface area contributed by atoms with Crippen LogP contribution in [0.15, 0.2) is 64.9 Å². The van der Waals surface area contributed by atoms with Gasteiger partial charge in [-0.05, 0) is 40.3 Å². The van der Waals surface area contributed by atoms with Crippen molar-refractivity contribution in [2.24, 2.45) is 7.05 Å². The molecule has 1 saturated heterocycles. The van der Waals surface area contributed by atoms with E-state index in [0.29, 0.717) is 11.2 Å². The van der Waals surface area contributed by atoms with Crippen molar-refractivity contribution < 1.29 is 24.3 Å². The third-order valence-corrected chi connectivity index (χ3v) is 8.94. The van der Waals surface area contributed by atoms with E-state index in [1.807, 2.05) is 0 Å². The highest BCUT2D eigenvalue weighted by Gasteiger charge is 2.55. The molecule has 3 aromatic heterocycles. The van der Waals surface area contributed by atoms with Crippen LogP contribution >= 0.6 is 24.0 Å². The minimum absolute atomic E-state index is 0.0427. The summed E-state index contributed by atoms with van der Waals surface area (Å²) in [5, 5.41) is 25.5. The highest BCUT2D eigenvalue weighted by molar-refractivity contribution is 8.00. The van der Waals surface area contributed by atoms with E-state index < -0.39 is 46.6 Å². The molecular weight excluding hydrogens is 624 g/mol. The lowest BCUT2D eigenvalue weighted by Gasteiger charge is -2.49. The van der Waals surface area contributed by atoms with Crippen molar-refractivity contribution in [3.8, 4) is 0 Å². The Hall–Kier alpha value is -5.49. The van der Waals surface area contributed by atoms with Crippen LogP contribution in [0, 0.1) is 0 Å². The van der Waals surface area contributed by atoms with Gasteiger partial charge in [-0.15, -0.1) is 16.9 Å². The Bertz CT molecular complexity index is 2020. The van der Waals surface area contributed by atoms with Crippen molar-refractivity contribution in [3.05, 3.63) is 87.2 Å². The number of carbonyl (C=O) groups excluding carboxylic acids is 3. The molecule has 0 bridgehead atoms. The zero-order chi connectivity index (χ0) is 32.0. The molecular formula is C27H22N10O6S2. The number of anilines is 1. The molecule has 6 N–H and O–H groups in total. The van der Waals surface area contributed by atoms with E-state index in [1.54, 1.807) is 37.4 Å². The zero-order valence-corrected chi connectivity index (χ0v) is 24.8. The molecule has 228 valence electrons. The van der Waals surface area contributed by atoms with Gasteiger partial charge < -0.3 is 26.5 Å². The topological polar surface area (TPSA) is 231 Å². The first-order valence-corrected chi connectivity index (χ1v) is 14.6. The number of tetrazole rings is 1. The number of thioether (sulfide) groups is 1. The molecule has 2 aliphatic rings. The lowest BCUT2D eigenvalue weighted by atomic mass is 9.99. The van der Waals surface area contributed by atoms with Crippen LogP contribution in [0.2, 0.25) is 0 Å². The number of aryl methyl sites for hydroxylation is 1. The number of thiocarbonyl (C=S) groups is 1. The fraction of sp³-hybridized carbons (Fsp3) is 0.185. The van der Waals surface area contributed by atoms with Gasteiger partial charge in [0.15, 0.2) is 5.82 Å². The lowest BCUT2D eigenvalue weighted by molar-refractivity contribution is -0.150. The maximum absolute atomic E-state index is 13.7. The maximum Gasteiger partial charge on any atom is 0.353 e. The average Bonchev–Trinajstić information content (AvgIpc) is 3.46. The van der Waals surface area contributed by atoms with Crippen molar-refractivity contribution in [1.82, 2.24) is 45.7 Å². The second kappa shape index (κ2) is 11.5. The first-order chi connectivity index (χ1) is 21.6. The fourth-order valence-corrected chi connectivity index (χ4v) is 6.84. The summed E-state index contributed by atoms with van der Waals surface area (Å²) in [7, 11) is 1.55. The van der Waals surface area contributed by atoms with Crippen molar-refractivity contribution in [2.75, 3.05) is 11.5 Å². The van der Waals surface area contributed by atoms with Gasteiger partial charge in [0.05, 0.1) is 10.4 Å². The van der Waals surface area contributed by atoms with Crippen molar-refractivity contribution in [2.45, 2.75) is 17.5 Å². The monoisotopic (exact) mass is 646 g/mol. The molecule has 18 heteroatoms. The molecule has 0 spiro atoms. The Balaban J connectivity index is 1.26. The van der Waals surface area contributed by atoms with E-state index in [-0.39, 0.29) is 44.4 Å². The van der Waals surface area contributed by atoms with Crippen LogP contribution in [0.1, 0.15) is 27.8 Å². The van der Waals surface area contributed by atoms with Crippen LogP contribution in [-0.2, 0) is 21.4 Å². The number of H-pyrrole nitrogens is 1. The van der Waals surface area contributed by atoms with Crippen LogP contribution in [0.5, 0.6) is 0 Å². The fourth-order valence-electron chi connectivity index (χ4n) is 5.05. The highest BCUT2D eigenvalue weighted by Crippen LogP contribution is 2.41. The Labute approximate surface area is 262 Å². The number of aliphatic carboxylic acids is 1. The summed E-state index contributed by atoms with van der Waals surface area (Å²) in [6, 6.07) is 6.95. The molecule has 3 amide bonds. The molecule has 2 unspecified atom stereocenters. The van der Waals surface area contributed by atoms with Gasteiger partial charge in [0, 0.05) is 36.5 Å². The molecule has 0 saturated carbocycles. The second-order valence-corrected chi connectivity index (χ2v) is 11.5. The van der Waals surface area contributed by atoms with Gasteiger partial charge in [0.2, 0.25) is 11.3 Å². The number of aromatic nitrogens is 6. The third kappa shape index (κ3) is 5.18. The zero-order valence-electron chi connectivity index (χ0n) is 23.1. The summed E-state index contributed by atoms with van der Waals surface area (Å²) in [5.74, 6) is -3.46. The molecule has 3 atom stereocenters. The summed E-state index contributed by atoms with van der Waals surface area (Å²) >= 11 is 6.66. The van der Waals surface area contributed by atoms with Gasteiger partial charge in [-0.25, -0.2) is 9.48 Å². The number of aromatic amines is 1. The van der Waals surface area contributed by atoms with Crippen LogP contribution in [0.3, 0.4) is 0 Å². The Morgan fingerprint density at radius 1 is 1.22 bits per heavy atom. The van der Waals surface area contributed by atoms with Gasteiger partial charge in [0.25, 0.3) is 11.8 Å². The summed E-state index contributed by atoms with van der Waals surface area (Å²) < 4.78 is 1.29. The van der Waals surface area contributed by atoms with Crippen LogP contribution in [0.4, 0.5) is 5.69 Å². The van der Waals surface area contributed by atoms with E-state index in [0.717, 1.165) is 4.90 Å². The number of nitrogen functional groups attached to an aromatic ring is 1. The van der Waals surface area contributed by atoms with Crippen LogP contribution < -0.4 is 21.8 Å². The number of amides is 3. The molecule has 1 aromatic carbocycles. The number of benzene rings is 1. The quantitative estimate of drug-likeness (QED) is 0.0714. The van der Waals surface area contributed by atoms with Crippen LogP contribution in [0.25, 0.3) is 11.0 Å². The highest BCUT2D eigenvalue weighted by atomic mass is 32.2. The molecule has 0 radical (unpaired) electrons. The number of rotatable bonds is 8. The van der Waals surface area contributed by atoms with Crippen molar-refractivity contribution in [1.29, 1.82) is 0 Å². The largest absolute Gasteiger partial charge is 0.477 e. The first-order valence-electron chi connectivity index (χ1n) is 13.2.